The Morgan fingerprint density at radius 3 is 2.61 bits per heavy atom. The van der Waals surface area contributed by atoms with Crippen molar-refractivity contribution in [3.63, 3.8) is 0 Å². The van der Waals surface area contributed by atoms with Gasteiger partial charge in [-0.25, -0.2) is 5.43 Å². The molecular formula is C17H17ClN2O3. The van der Waals surface area contributed by atoms with E-state index in [1.165, 1.54) is 0 Å². The average Bonchev–Trinajstić information content (AvgIpc) is 2.59. The van der Waals surface area contributed by atoms with Crippen LogP contribution in [0.2, 0.25) is 5.02 Å². The second kappa shape index (κ2) is 8.19. The molecule has 6 heteroatoms. The molecule has 0 bridgehead atoms. The van der Waals surface area contributed by atoms with Gasteiger partial charge in [-0.15, -0.1) is 0 Å². The fourth-order valence-corrected chi connectivity index (χ4v) is 1.90. The molecule has 0 atom stereocenters. The maximum atomic E-state index is 11.7. The van der Waals surface area contributed by atoms with Crippen LogP contribution in [0.25, 0.3) is 0 Å². The van der Waals surface area contributed by atoms with Crippen LogP contribution in [0, 0.1) is 0 Å². The van der Waals surface area contributed by atoms with Crippen molar-refractivity contribution in [3.05, 3.63) is 59.1 Å². The van der Waals surface area contributed by atoms with Crippen LogP contribution in [0.5, 0.6) is 11.5 Å². The van der Waals surface area contributed by atoms with Gasteiger partial charge in [0.05, 0.1) is 12.8 Å². The largest absolute Gasteiger partial charge is 0.497 e. The third kappa shape index (κ3) is 5.30. The number of hydrazone groups is 1. The van der Waals surface area contributed by atoms with E-state index in [4.69, 9.17) is 21.1 Å². The van der Waals surface area contributed by atoms with E-state index in [2.05, 4.69) is 10.5 Å². The summed E-state index contributed by atoms with van der Waals surface area (Å²) < 4.78 is 10.5. The lowest BCUT2D eigenvalue weighted by Crippen LogP contribution is -2.25. The van der Waals surface area contributed by atoms with Gasteiger partial charge in [0.1, 0.15) is 11.5 Å². The minimum atomic E-state index is -0.345. The number of rotatable bonds is 6. The molecule has 2 rings (SSSR count). The highest BCUT2D eigenvalue weighted by Crippen LogP contribution is 2.15. The minimum Gasteiger partial charge on any atom is -0.497 e. The van der Waals surface area contributed by atoms with Crippen molar-refractivity contribution in [1.29, 1.82) is 0 Å². The molecule has 0 aromatic heterocycles. The van der Waals surface area contributed by atoms with Crippen LogP contribution in [0.4, 0.5) is 0 Å². The van der Waals surface area contributed by atoms with Crippen LogP contribution < -0.4 is 14.9 Å². The van der Waals surface area contributed by atoms with Crippen LogP contribution in [-0.2, 0) is 4.79 Å². The Hall–Kier alpha value is -2.53. The number of nitrogens with zero attached hydrogens (tertiary/aromatic N) is 1. The molecule has 0 saturated heterocycles. The number of benzene rings is 2. The number of carbonyl (C=O) groups excluding carboxylic acids is 1. The second-order valence-electron chi connectivity index (χ2n) is 4.71. The zero-order valence-corrected chi connectivity index (χ0v) is 13.6. The van der Waals surface area contributed by atoms with Crippen molar-refractivity contribution in [2.45, 2.75) is 6.92 Å². The van der Waals surface area contributed by atoms with E-state index in [1.54, 1.807) is 38.3 Å². The Balaban J connectivity index is 1.88. The molecule has 2 aromatic carbocycles. The SMILES string of the molecule is COc1cccc(/C(C)=N/NC(=O)COc2ccc(Cl)cc2)c1. The Morgan fingerprint density at radius 2 is 1.91 bits per heavy atom. The molecule has 0 aliphatic rings. The third-order valence-corrected chi connectivity index (χ3v) is 3.27. The summed E-state index contributed by atoms with van der Waals surface area (Å²) in [5.41, 5.74) is 3.99. The monoisotopic (exact) mass is 332 g/mol. The van der Waals surface area contributed by atoms with E-state index < -0.39 is 0 Å². The number of halogens is 1. The highest BCUT2D eigenvalue weighted by molar-refractivity contribution is 6.30. The van der Waals surface area contributed by atoms with Crippen LogP contribution in [-0.4, -0.2) is 25.3 Å². The van der Waals surface area contributed by atoms with Crippen molar-refractivity contribution in [3.8, 4) is 11.5 Å². The van der Waals surface area contributed by atoms with E-state index in [0.29, 0.717) is 16.5 Å². The molecule has 0 aliphatic carbocycles. The number of hydrogen-bond donors (Lipinski definition) is 1. The summed E-state index contributed by atoms with van der Waals surface area (Å²) in [4.78, 5) is 11.7. The molecule has 0 aliphatic heterocycles. The number of hydrogen-bond acceptors (Lipinski definition) is 4. The highest BCUT2D eigenvalue weighted by Gasteiger charge is 2.04. The highest BCUT2D eigenvalue weighted by atomic mass is 35.5. The summed E-state index contributed by atoms with van der Waals surface area (Å²) in [6.45, 7) is 1.67. The summed E-state index contributed by atoms with van der Waals surface area (Å²) in [5, 5.41) is 4.67. The van der Waals surface area contributed by atoms with Crippen molar-refractivity contribution in [2.24, 2.45) is 5.10 Å². The van der Waals surface area contributed by atoms with Gasteiger partial charge in [-0.3, -0.25) is 4.79 Å². The molecule has 1 amide bonds. The summed E-state index contributed by atoms with van der Waals surface area (Å²) in [7, 11) is 1.60. The van der Waals surface area contributed by atoms with Gasteiger partial charge in [-0.05, 0) is 43.3 Å². The molecule has 0 spiro atoms. The Kier molecular flexibility index (Phi) is 6.00. The average molecular weight is 333 g/mol. The molecule has 0 unspecified atom stereocenters. The number of carbonyl (C=O) groups is 1. The fourth-order valence-electron chi connectivity index (χ4n) is 1.77. The molecule has 1 N–H and O–H groups in total. The zero-order chi connectivity index (χ0) is 16.7. The normalized spacial score (nSPS) is 11.0. The Bertz CT molecular complexity index is 699. The maximum absolute atomic E-state index is 11.7. The number of methoxy groups -OCH3 is 1. The van der Waals surface area contributed by atoms with Crippen LogP contribution in [0.15, 0.2) is 53.6 Å². The molecule has 0 heterocycles. The van der Waals surface area contributed by atoms with E-state index >= 15 is 0 Å². The second-order valence-corrected chi connectivity index (χ2v) is 5.14. The zero-order valence-electron chi connectivity index (χ0n) is 12.9. The van der Waals surface area contributed by atoms with E-state index in [0.717, 1.165) is 11.3 Å². The third-order valence-electron chi connectivity index (χ3n) is 3.02. The lowest BCUT2D eigenvalue weighted by molar-refractivity contribution is -0.123. The van der Waals surface area contributed by atoms with Gasteiger partial charge in [0.2, 0.25) is 0 Å². The standard InChI is InChI=1S/C17H17ClN2O3/c1-12(13-4-3-5-16(10-13)22-2)19-20-17(21)11-23-15-8-6-14(18)7-9-15/h3-10H,11H2,1-2H3,(H,20,21)/b19-12+. The molecule has 2 aromatic rings. The summed E-state index contributed by atoms with van der Waals surface area (Å²) >= 11 is 5.78. The van der Waals surface area contributed by atoms with Gasteiger partial charge in [0, 0.05) is 10.6 Å². The predicted octanol–water partition coefficient (Wildman–Crippen LogP) is 3.27. The van der Waals surface area contributed by atoms with Crippen LogP contribution in [0.1, 0.15) is 12.5 Å². The fraction of sp³-hybridized carbons (Fsp3) is 0.176. The molecule has 5 nitrogen and oxygen atoms in total. The van der Waals surface area contributed by atoms with Crippen molar-refractivity contribution in [2.75, 3.05) is 13.7 Å². The first kappa shape index (κ1) is 16.8. The summed E-state index contributed by atoms with van der Waals surface area (Å²) in [6, 6.07) is 14.2. The number of ether oxygens (including phenoxy) is 2. The van der Waals surface area contributed by atoms with Crippen molar-refractivity contribution >= 4 is 23.2 Å². The van der Waals surface area contributed by atoms with Crippen LogP contribution >= 0.6 is 11.6 Å². The van der Waals surface area contributed by atoms with Gasteiger partial charge in [0.15, 0.2) is 6.61 Å². The molecule has 0 fully saturated rings. The van der Waals surface area contributed by atoms with Gasteiger partial charge < -0.3 is 9.47 Å². The molecular weight excluding hydrogens is 316 g/mol. The van der Waals surface area contributed by atoms with E-state index in [9.17, 15) is 4.79 Å². The van der Waals surface area contributed by atoms with Gasteiger partial charge >= 0.3 is 0 Å². The van der Waals surface area contributed by atoms with E-state index in [1.807, 2.05) is 24.3 Å². The van der Waals surface area contributed by atoms with Crippen molar-refractivity contribution < 1.29 is 14.3 Å². The molecule has 120 valence electrons. The topological polar surface area (TPSA) is 59.9 Å². The first-order valence-electron chi connectivity index (χ1n) is 6.94. The molecule has 0 saturated carbocycles. The molecule has 23 heavy (non-hydrogen) atoms. The first-order chi connectivity index (χ1) is 11.1. The Labute approximate surface area is 139 Å². The van der Waals surface area contributed by atoms with Crippen LogP contribution in [0.3, 0.4) is 0 Å². The van der Waals surface area contributed by atoms with Gasteiger partial charge in [-0.2, -0.15) is 5.10 Å². The number of nitrogens with one attached hydrogen (secondary N) is 1. The summed E-state index contributed by atoms with van der Waals surface area (Å²) in [6.07, 6.45) is 0. The van der Waals surface area contributed by atoms with Crippen molar-refractivity contribution in [1.82, 2.24) is 5.43 Å². The minimum absolute atomic E-state index is 0.128. The summed E-state index contributed by atoms with van der Waals surface area (Å²) in [5.74, 6) is 0.953. The smallest absolute Gasteiger partial charge is 0.277 e. The van der Waals surface area contributed by atoms with Gasteiger partial charge in [-0.1, -0.05) is 23.7 Å². The lowest BCUT2D eigenvalue weighted by Gasteiger charge is -2.06. The maximum Gasteiger partial charge on any atom is 0.277 e. The first-order valence-corrected chi connectivity index (χ1v) is 7.32. The number of amides is 1. The molecule has 0 radical (unpaired) electrons. The predicted molar refractivity (Wildman–Crippen MR) is 90.3 cm³/mol. The Morgan fingerprint density at radius 1 is 1.17 bits per heavy atom. The quantitative estimate of drug-likeness (QED) is 0.652. The lowest BCUT2D eigenvalue weighted by atomic mass is 10.1. The van der Waals surface area contributed by atoms with E-state index in [-0.39, 0.29) is 12.5 Å². The van der Waals surface area contributed by atoms with Gasteiger partial charge in [0.25, 0.3) is 5.91 Å².